The monoisotopic (exact) mass is 507 g/mol. The highest BCUT2D eigenvalue weighted by atomic mass is 16.4. The number of anilines is 1. The second-order valence-electron chi connectivity index (χ2n) is 10.3. The Hall–Kier alpha value is -3.59. The Morgan fingerprint density at radius 1 is 1.11 bits per heavy atom. The third kappa shape index (κ3) is 6.05. The summed E-state index contributed by atoms with van der Waals surface area (Å²) in [7, 11) is 3.41. The molecule has 0 saturated carbocycles. The number of hydrogen-bond donors (Lipinski definition) is 1. The van der Waals surface area contributed by atoms with Gasteiger partial charge in [-0.1, -0.05) is 38.1 Å². The summed E-state index contributed by atoms with van der Waals surface area (Å²) in [5, 5.41) is 6.64. The van der Waals surface area contributed by atoms with Crippen molar-refractivity contribution in [2.75, 3.05) is 31.6 Å². The van der Waals surface area contributed by atoms with Gasteiger partial charge < -0.3 is 14.6 Å². The maximum Gasteiger partial charge on any atom is 0.419 e. The molecule has 3 aromatic rings. The van der Waals surface area contributed by atoms with Crippen LogP contribution in [0.2, 0.25) is 0 Å². The van der Waals surface area contributed by atoms with Crippen LogP contribution < -0.4 is 16.0 Å². The first-order valence-corrected chi connectivity index (χ1v) is 12.8. The van der Waals surface area contributed by atoms with Gasteiger partial charge in [-0.05, 0) is 54.5 Å². The minimum atomic E-state index is -0.453. The number of aryl methyl sites for hydroxylation is 2. The van der Waals surface area contributed by atoms with Gasteiger partial charge in [0, 0.05) is 39.4 Å². The number of carbonyl (C=O) groups is 2. The molecule has 0 radical (unpaired) electrons. The minimum Gasteiger partial charge on any atom is -0.408 e. The smallest absolute Gasteiger partial charge is 0.408 e. The highest BCUT2D eigenvalue weighted by Crippen LogP contribution is 2.27. The topological polar surface area (TPSA) is 91.0 Å². The first kappa shape index (κ1) is 26.5. The van der Waals surface area contributed by atoms with Crippen molar-refractivity contribution in [1.29, 1.82) is 0 Å². The van der Waals surface area contributed by atoms with Crippen molar-refractivity contribution in [3.05, 3.63) is 63.6 Å². The van der Waals surface area contributed by atoms with Crippen LogP contribution in [0.25, 0.3) is 11.1 Å². The average molecular weight is 508 g/mol. The van der Waals surface area contributed by atoms with Crippen LogP contribution in [0.15, 0.2) is 45.6 Å². The molecule has 0 unspecified atom stereocenters. The third-order valence-corrected chi connectivity index (χ3v) is 7.00. The van der Waals surface area contributed by atoms with Crippen LogP contribution in [0.5, 0.6) is 0 Å². The molecule has 37 heavy (non-hydrogen) atoms. The summed E-state index contributed by atoms with van der Waals surface area (Å²) in [5.41, 5.74) is 5.05. The Morgan fingerprint density at radius 2 is 1.78 bits per heavy atom. The van der Waals surface area contributed by atoms with Gasteiger partial charge >= 0.3 is 5.76 Å². The normalized spacial score (nSPS) is 13.2. The van der Waals surface area contributed by atoms with E-state index in [0.717, 1.165) is 18.4 Å². The fourth-order valence-electron chi connectivity index (χ4n) is 4.75. The lowest BCUT2D eigenvalue weighted by Gasteiger charge is -2.32. The van der Waals surface area contributed by atoms with Gasteiger partial charge in [-0.25, -0.2) is 9.80 Å². The molecule has 2 amide bonds. The molecule has 0 bridgehead atoms. The summed E-state index contributed by atoms with van der Waals surface area (Å²) in [6.07, 6.45) is 1.94. The molecule has 0 spiro atoms. The molecule has 0 saturated heterocycles. The van der Waals surface area contributed by atoms with Crippen LogP contribution in [-0.2, 0) is 29.7 Å². The fraction of sp³-hybridized carbons (Fsp3) is 0.464. The number of oxazole rings is 1. The molecule has 4 rings (SSSR count). The summed E-state index contributed by atoms with van der Waals surface area (Å²) >= 11 is 0. The number of likely N-dealkylation sites (N-methyl/N-ethyl adjacent to an activating group) is 1. The highest BCUT2D eigenvalue weighted by Gasteiger charge is 2.27. The molecule has 1 aliphatic rings. The molecule has 2 aromatic carbocycles. The van der Waals surface area contributed by atoms with Gasteiger partial charge in [-0.2, -0.15) is 0 Å². The molecule has 2 heterocycles. The summed E-state index contributed by atoms with van der Waals surface area (Å²) in [4.78, 5) is 40.2. The highest BCUT2D eigenvalue weighted by molar-refractivity contribution is 5.89. The number of hydrazine groups is 1. The van der Waals surface area contributed by atoms with Gasteiger partial charge in [0.15, 0.2) is 5.58 Å². The quantitative estimate of drug-likeness (QED) is 0.424. The first-order chi connectivity index (χ1) is 17.6. The molecule has 9 nitrogen and oxygen atoms in total. The summed E-state index contributed by atoms with van der Waals surface area (Å²) in [5.74, 6) is -0.144. The maximum absolute atomic E-state index is 13.5. The van der Waals surface area contributed by atoms with Crippen molar-refractivity contribution >= 4 is 28.6 Å². The molecule has 1 aromatic heterocycles. The number of nitrogens with one attached hydrogen (secondary N) is 1. The minimum absolute atomic E-state index is 0.0148. The van der Waals surface area contributed by atoms with Crippen LogP contribution in [0, 0.1) is 12.8 Å². The number of amides is 2. The second-order valence-corrected chi connectivity index (χ2v) is 10.3. The van der Waals surface area contributed by atoms with E-state index in [4.69, 9.17) is 4.42 Å². The van der Waals surface area contributed by atoms with Crippen LogP contribution in [-0.4, -0.2) is 53.1 Å². The Labute approximate surface area is 217 Å². The van der Waals surface area contributed by atoms with Crippen LogP contribution >= 0.6 is 0 Å². The molecular weight excluding hydrogens is 470 g/mol. The molecule has 1 aliphatic heterocycles. The lowest BCUT2D eigenvalue weighted by molar-refractivity contribution is -0.145. The van der Waals surface area contributed by atoms with Gasteiger partial charge in [0.25, 0.3) is 5.91 Å². The zero-order valence-electron chi connectivity index (χ0n) is 22.4. The average Bonchev–Trinajstić information content (AvgIpc) is 3.40. The van der Waals surface area contributed by atoms with E-state index in [9.17, 15) is 14.4 Å². The number of nitrogens with zero attached hydrogens (tertiary/aromatic N) is 4. The Kier molecular flexibility index (Phi) is 8.02. The van der Waals surface area contributed by atoms with Gasteiger partial charge in [0.1, 0.15) is 0 Å². The first-order valence-electron chi connectivity index (χ1n) is 12.8. The third-order valence-electron chi connectivity index (χ3n) is 7.00. The van der Waals surface area contributed by atoms with Crippen molar-refractivity contribution in [2.24, 2.45) is 13.0 Å². The Morgan fingerprint density at radius 3 is 2.43 bits per heavy atom. The van der Waals surface area contributed by atoms with Gasteiger partial charge in [0.2, 0.25) is 5.91 Å². The predicted molar refractivity (Wildman–Crippen MR) is 144 cm³/mol. The molecule has 198 valence electrons. The largest absolute Gasteiger partial charge is 0.419 e. The van der Waals surface area contributed by atoms with Crippen molar-refractivity contribution in [1.82, 2.24) is 19.9 Å². The second kappa shape index (κ2) is 11.2. The van der Waals surface area contributed by atoms with Crippen molar-refractivity contribution in [3.8, 4) is 0 Å². The van der Waals surface area contributed by atoms with E-state index in [-0.39, 0.29) is 24.9 Å². The SMILES string of the molecule is Cc1cc2oc(=O)n(C)c2cc1N(CC(=O)NCCCC(C)C)CC(=O)N(C)N1Cc2ccccc2C1. The molecule has 9 heteroatoms. The fourth-order valence-corrected chi connectivity index (χ4v) is 4.75. The maximum atomic E-state index is 13.5. The van der Waals surface area contributed by atoms with Crippen LogP contribution in [0.4, 0.5) is 5.69 Å². The number of aromatic nitrogens is 1. The predicted octanol–water partition coefficient (Wildman–Crippen LogP) is 3.19. The molecular formula is C28H37N5O4. The zero-order chi connectivity index (χ0) is 26.7. The Bertz CT molecular complexity index is 1320. The number of carbonyl (C=O) groups excluding carboxylic acids is 2. The van der Waals surface area contributed by atoms with Gasteiger partial charge in [0.05, 0.1) is 18.6 Å². The van der Waals surface area contributed by atoms with Crippen molar-refractivity contribution in [3.63, 3.8) is 0 Å². The number of benzene rings is 2. The zero-order valence-corrected chi connectivity index (χ0v) is 22.4. The summed E-state index contributed by atoms with van der Waals surface area (Å²) < 4.78 is 6.75. The molecule has 0 fully saturated rings. The lowest BCUT2D eigenvalue weighted by atomic mass is 10.1. The van der Waals surface area contributed by atoms with Crippen LogP contribution in [0.1, 0.15) is 43.4 Å². The van der Waals surface area contributed by atoms with Gasteiger partial charge in [-0.3, -0.25) is 19.2 Å². The van der Waals surface area contributed by atoms with E-state index in [2.05, 4.69) is 31.3 Å². The summed E-state index contributed by atoms with van der Waals surface area (Å²) in [6, 6.07) is 11.8. The van der Waals surface area contributed by atoms with E-state index in [1.807, 2.05) is 30.1 Å². The standard InChI is InChI=1S/C28H37N5O4/c1-19(2)9-8-12-29-26(34)17-32(23-14-24-25(13-20(23)3)37-28(36)30(24)4)18-27(35)31(5)33-15-21-10-6-7-11-22(21)16-33/h6-7,10-11,13-14,19H,8-9,12,15-18H2,1-5H3,(H,29,34). The molecule has 0 aliphatic carbocycles. The van der Waals surface area contributed by atoms with E-state index >= 15 is 0 Å². The van der Waals surface area contributed by atoms with E-state index in [0.29, 0.717) is 42.3 Å². The number of hydrogen-bond acceptors (Lipinski definition) is 6. The molecule has 0 atom stereocenters. The summed E-state index contributed by atoms with van der Waals surface area (Å²) in [6.45, 7) is 8.17. The van der Waals surface area contributed by atoms with Crippen LogP contribution in [0.3, 0.4) is 0 Å². The number of fused-ring (bicyclic) bond motifs is 2. The van der Waals surface area contributed by atoms with E-state index < -0.39 is 5.76 Å². The van der Waals surface area contributed by atoms with Crippen molar-refractivity contribution in [2.45, 2.75) is 46.7 Å². The Balaban J connectivity index is 1.54. The molecule has 1 N–H and O–H groups in total. The lowest BCUT2D eigenvalue weighted by Crippen LogP contribution is -2.48. The van der Waals surface area contributed by atoms with E-state index in [1.165, 1.54) is 15.7 Å². The number of rotatable bonds is 10. The van der Waals surface area contributed by atoms with E-state index in [1.54, 1.807) is 30.1 Å². The van der Waals surface area contributed by atoms with Gasteiger partial charge in [-0.15, -0.1) is 0 Å². The van der Waals surface area contributed by atoms with Crippen molar-refractivity contribution < 1.29 is 14.0 Å².